The summed E-state index contributed by atoms with van der Waals surface area (Å²) in [6.07, 6.45) is -0.686. The molecular weight excluding hydrogens is 336 g/mol. The zero-order valence-corrected chi connectivity index (χ0v) is 14.7. The number of amides is 3. The number of imide groups is 1. The molecule has 1 atom stereocenters. The number of urea groups is 1. The molecule has 3 amide bonds. The van der Waals surface area contributed by atoms with Crippen molar-refractivity contribution in [3.05, 3.63) is 48.2 Å². The summed E-state index contributed by atoms with van der Waals surface area (Å²) in [5, 5.41) is 1.93. The zero-order chi connectivity index (χ0) is 19.1. The quantitative estimate of drug-likeness (QED) is 0.739. The summed E-state index contributed by atoms with van der Waals surface area (Å²) < 4.78 is 10.9. The summed E-state index contributed by atoms with van der Waals surface area (Å²) in [4.78, 5) is 34.7. The number of benzene rings is 1. The Morgan fingerprint density at radius 3 is 2.42 bits per heavy atom. The molecule has 0 aliphatic carbocycles. The topological polar surface area (TPSA) is 112 Å². The molecule has 0 saturated heterocycles. The van der Waals surface area contributed by atoms with Crippen LogP contribution in [0.15, 0.2) is 46.9 Å². The lowest BCUT2D eigenvalue weighted by molar-refractivity contribution is -0.158. The third kappa shape index (κ3) is 5.47. The van der Waals surface area contributed by atoms with Gasteiger partial charge in [0.25, 0.3) is 5.91 Å². The van der Waals surface area contributed by atoms with E-state index in [-0.39, 0.29) is 12.3 Å². The van der Waals surface area contributed by atoms with Crippen LogP contribution in [0.25, 0.3) is 11.3 Å². The van der Waals surface area contributed by atoms with E-state index in [9.17, 15) is 14.4 Å². The minimum absolute atomic E-state index is 0.0504. The van der Waals surface area contributed by atoms with Gasteiger partial charge in [-0.1, -0.05) is 44.2 Å². The van der Waals surface area contributed by atoms with Crippen molar-refractivity contribution < 1.29 is 23.5 Å². The van der Waals surface area contributed by atoms with Crippen molar-refractivity contribution >= 4 is 17.9 Å². The molecule has 2 rings (SSSR count). The van der Waals surface area contributed by atoms with Crippen LogP contribution in [0.2, 0.25) is 0 Å². The molecule has 7 heteroatoms. The van der Waals surface area contributed by atoms with E-state index in [1.54, 1.807) is 19.9 Å². The predicted octanol–water partition coefficient (Wildman–Crippen LogP) is 2.64. The summed E-state index contributed by atoms with van der Waals surface area (Å²) >= 11 is 0. The first-order valence-electron chi connectivity index (χ1n) is 8.30. The molecule has 1 unspecified atom stereocenters. The molecule has 26 heavy (non-hydrogen) atoms. The van der Waals surface area contributed by atoms with Gasteiger partial charge in [-0.05, 0) is 18.1 Å². The number of nitrogens with two attached hydrogens (primary N) is 1. The van der Waals surface area contributed by atoms with Crippen molar-refractivity contribution in [3.8, 4) is 11.3 Å². The second-order valence-electron chi connectivity index (χ2n) is 6.14. The molecule has 0 spiro atoms. The first kappa shape index (κ1) is 19.2. The normalized spacial score (nSPS) is 11.8. The number of ether oxygens (including phenoxy) is 1. The van der Waals surface area contributed by atoms with Gasteiger partial charge in [0.2, 0.25) is 0 Å². The molecule has 0 bridgehead atoms. The van der Waals surface area contributed by atoms with Crippen LogP contribution in [-0.4, -0.2) is 24.0 Å². The number of aryl methyl sites for hydroxylation is 1. The van der Waals surface area contributed by atoms with Crippen molar-refractivity contribution in [2.45, 2.75) is 32.8 Å². The SMILES string of the molecule is CC(C)C(OC(=O)CCc1ccc(-c2ccccc2)o1)C(=O)NC(N)=O. The molecule has 3 N–H and O–H groups in total. The number of hydrogen-bond acceptors (Lipinski definition) is 5. The molecule has 1 heterocycles. The van der Waals surface area contributed by atoms with Gasteiger partial charge in [-0.2, -0.15) is 0 Å². The molecule has 0 saturated carbocycles. The lowest BCUT2D eigenvalue weighted by atomic mass is 10.1. The van der Waals surface area contributed by atoms with Crippen LogP contribution in [0.3, 0.4) is 0 Å². The Morgan fingerprint density at radius 1 is 1.12 bits per heavy atom. The molecular formula is C19H22N2O5. The van der Waals surface area contributed by atoms with E-state index < -0.39 is 24.0 Å². The van der Waals surface area contributed by atoms with Gasteiger partial charge in [0, 0.05) is 12.0 Å². The summed E-state index contributed by atoms with van der Waals surface area (Å²) in [6.45, 7) is 3.41. The number of hydrogen-bond donors (Lipinski definition) is 2. The van der Waals surface area contributed by atoms with Gasteiger partial charge in [0.15, 0.2) is 6.10 Å². The molecule has 0 aliphatic rings. The van der Waals surface area contributed by atoms with Gasteiger partial charge in [-0.15, -0.1) is 0 Å². The molecule has 1 aromatic heterocycles. The fraction of sp³-hybridized carbons (Fsp3) is 0.316. The van der Waals surface area contributed by atoms with Gasteiger partial charge >= 0.3 is 12.0 Å². The number of furan rings is 1. The molecule has 0 fully saturated rings. The van der Waals surface area contributed by atoms with E-state index >= 15 is 0 Å². The van der Waals surface area contributed by atoms with Crippen molar-refractivity contribution in [3.63, 3.8) is 0 Å². The molecule has 2 aromatic rings. The molecule has 1 aromatic carbocycles. The Kier molecular flexibility index (Phi) is 6.54. The number of rotatable bonds is 7. The summed E-state index contributed by atoms with van der Waals surface area (Å²) in [5.41, 5.74) is 5.87. The van der Waals surface area contributed by atoms with Crippen LogP contribution in [0.5, 0.6) is 0 Å². The highest BCUT2D eigenvalue weighted by atomic mass is 16.5. The van der Waals surface area contributed by atoms with Crippen LogP contribution in [0.1, 0.15) is 26.0 Å². The molecule has 0 radical (unpaired) electrons. The third-order valence-corrected chi connectivity index (χ3v) is 3.66. The Labute approximate surface area is 151 Å². The Balaban J connectivity index is 1.90. The number of esters is 1. The minimum atomic E-state index is -1.08. The minimum Gasteiger partial charge on any atom is -0.461 e. The van der Waals surface area contributed by atoms with Gasteiger partial charge in [-0.3, -0.25) is 14.9 Å². The van der Waals surface area contributed by atoms with E-state index in [0.29, 0.717) is 12.2 Å². The number of carbonyl (C=O) groups is 3. The largest absolute Gasteiger partial charge is 0.461 e. The van der Waals surface area contributed by atoms with Crippen molar-refractivity contribution in [1.29, 1.82) is 0 Å². The highest BCUT2D eigenvalue weighted by Gasteiger charge is 2.27. The zero-order valence-electron chi connectivity index (χ0n) is 14.7. The Bertz CT molecular complexity index is 767. The summed E-state index contributed by atoms with van der Waals surface area (Å²) in [6, 6.07) is 12.3. The highest BCUT2D eigenvalue weighted by Crippen LogP contribution is 2.22. The van der Waals surface area contributed by atoms with Gasteiger partial charge in [0.05, 0.1) is 6.42 Å². The van der Waals surface area contributed by atoms with Crippen LogP contribution < -0.4 is 11.1 Å². The van der Waals surface area contributed by atoms with Crippen LogP contribution in [0.4, 0.5) is 4.79 Å². The summed E-state index contributed by atoms with van der Waals surface area (Å²) in [7, 11) is 0. The van der Waals surface area contributed by atoms with E-state index in [4.69, 9.17) is 14.9 Å². The maximum atomic E-state index is 12.0. The second-order valence-corrected chi connectivity index (χ2v) is 6.14. The fourth-order valence-corrected chi connectivity index (χ4v) is 2.38. The van der Waals surface area contributed by atoms with Crippen molar-refractivity contribution in [2.75, 3.05) is 0 Å². The standard InChI is InChI=1S/C19H22N2O5/c1-12(2)17(18(23)21-19(20)24)26-16(22)11-9-14-8-10-15(25-14)13-6-4-3-5-7-13/h3-8,10,12,17H,9,11H2,1-2H3,(H3,20,21,23,24). The maximum absolute atomic E-state index is 12.0. The van der Waals surface area contributed by atoms with Crippen LogP contribution in [0, 0.1) is 5.92 Å². The van der Waals surface area contributed by atoms with E-state index in [0.717, 1.165) is 11.3 Å². The second kappa shape index (κ2) is 8.84. The first-order valence-corrected chi connectivity index (χ1v) is 8.30. The molecule has 7 nitrogen and oxygen atoms in total. The average molecular weight is 358 g/mol. The first-order chi connectivity index (χ1) is 12.4. The van der Waals surface area contributed by atoms with E-state index in [2.05, 4.69) is 0 Å². The van der Waals surface area contributed by atoms with E-state index in [1.807, 2.05) is 41.7 Å². The Morgan fingerprint density at radius 2 is 1.81 bits per heavy atom. The predicted molar refractivity (Wildman–Crippen MR) is 94.9 cm³/mol. The number of carbonyl (C=O) groups excluding carboxylic acids is 3. The number of nitrogens with one attached hydrogen (secondary N) is 1. The fourth-order valence-electron chi connectivity index (χ4n) is 2.38. The van der Waals surface area contributed by atoms with Crippen LogP contribution >= 0.6 is 0 Å². The molecule has 0 aliphatic heterocycles. The maximum Gasteiger partial charge on any atom is 0.318 e. The summed E-state index contributed by atoms with van der Waals surface area (Å²) in [5.74, 6) is -0.226. The lowest BCUT2D eigenvalue weighted by Gasteiger charge is -2.19. The third-order valence-electron chi connectivity index (χ3n) is 3.66. The monoisotopic (exact) mass is 358 g/mol. The van der Waals surface area contributed by atoms with Gasteiger partial charge in [-0.25, -0.2) is 4.79 Å². The van der Waals surface area contributed by atoms with Crippen molar-refractivity contribution in [1.82, 2.24) is 5.32 Å². The Hall–Kier alpha value is -3.09. The molecule has 138 valence electrons. The van der Waals surface area contributed by atoms with E-state index in [1.165, 1.54) is 0 Å². The average Bonchev–Trinajstić information content (AvgIpc) is 3.06. The van der Waals surface area contributed by atoms with Gasteiger partial charge in [0.1, 0.15) is 11.5 Å². The smallest absolute Gasteiger partial charge is 0.318 e. The van der Waals surface area contributed by atoms with Crippen LogP contribution in [-0.2, 0) is 20.7 Å². The van der Waals surface area contributed by atoms with Crippen molar-refractivity contribution in [2.24, 2.45) is 11.7 Å². The highest BCUT2D eigenvalue weighted by molar-refractivity contribution is 5.96. The number of primary amides is 1. The van der Waals surface area contributed by atoms with Gasteiger partial charge < -0.3 is 14.9 Å². The lowest BCUT2D eigenvalue weighted by Crippen LogP contribution is -2.45.